The summed E-state index contributed by atoms with van der Waals surface area (Å²) in [5.74, 6) is 16.1. The summed E-state index contributed by atoms with van der Waals surface area (Å²) in [6, 6.07) is 16.8. The zero-order valence-corrected chi connectivity index (χ0v) is 17.4. The third-order valence-corrected chi connectivity index (χ3v) is 4.67. The molecule has 1 aliphatic heterocycles. The van der Waals surface area contributed by atoms with E-state index >= 15 is 0 Å². The molecule has 0 fully saturated rings. The Bertz CT molecular complexity index is 1220. The van der Waals surface area contributed by atoms with Gasteiger partial charge in [-0.3, -0.25) is 0 Å². The third kappa shape index (κ3) is 4.52. The van der Waals surface area contributed by atoms with Gasteiger partial charge in [-0.2, -0.15) is 0 Å². The first kappa shape index (κ1) is 20.1. The van der Waals surface area contributed by atoms with Crippen LogP contribution in [-0.2, 0) is 0 Å². The molecule has 0 bridgehead atoms. The number of fused-ring (bicyclic) bond motifs is 1. The molecule has 3 aromatic carbocycles. The first-order chi connectivity index (χ1) is 15.2. The monoisotopic (exact) mass is 412 g/mol. The molecule has 0 spiro atoms. The Morgan fingerprint density at radius 2 is 1.19 bits per heavy atom. The molecule has 1 aliphatic rings. The first-order valence-corrected chi connectivity index (χ1v) is 9.54. The number of ether oxygens (including phenoxy) is 5. The van der Waals surface area contributed by atoms with Gasteiger partial charge in [0.25, 0.3) is 0 Å². The average Bonchev–Trinajstić information content (AvgIpc) is 3.28. The van der Waals surface area contributed by atoms with E-state index < -0.39 is 0 Å². The van der Waals surface area contributed by atoms with Crippen molar-refractivity contribution in [2.75, 3.05) is 28.1 Å². The molecule has 0 saturated carbocycles. The molecule has 0 amide bonds. The minimum atomic E-state index is 0.188. The molecule has 0 saturated heterocycles. The summed E-state index contributed by atoms with van der Waals surface area (Å²) in [6.45, 7) is 0.188. The second kappa shape index (κ2) is 9.07. The topological polar surface area (TPSA) is 46.2 Å². The Balaban J connectivity index is 1.70. The fourth-order valence-corrected chi connectivity index (χ4v) is 3.02. The molecule has 31 heavy (non-hydrogen) atoms. The van der Waals surface area contributed by atoms with Gasteiger partial charge in [0.15, 0.2) is 23.0 Å². The van der Waals surface area contributed by atoms with E-state index in [2.05, 4.69) is 23.7 Å². The van der Waals surface area contributed by atoms with Gasteiger partial charge < -0.3 is 23.7 Å². The van der Waals surface area contributed by atoms with Crippen LogP contribution in [0, 0.1) is 23.7 Å². The van der Waals surface area contributed by atoms with Crippen molar-refractivity contribution in [2.45, 2.75) is 0 Å². The molecular formula is C26H20O5. The highest BCUT2D eigenvalue weighted by molar-refractivity contribution is 5.62. The molecule has 0 aliphatic carbocycles. The molecule has 5 nitrogen and oxygen atoms in total. The number of rotatable bonds is 3. The molecule has 0 N–H and O–H groups in total. The summed E-state index contributed by atoms with van der Waals surface area (Å²) in [4.78, 5) is 0. The second-order valence-electron chi connectivity index (χ2n) is 6.55. The van der Waals surface area contributed by atoms with E-state index in [1.165, 1.54) is 0 Å². The zero-order chi connectivity index (χ0) is 21.6. The van der Waals surface area contributed by atoms with Crippen molar-refractivity contribution in [3.63, 3.8) is 0 Å². The van der Waals surface area contributed by atoms with E-state index in [0.717, 1.165) is 28.0 Å². The van der Waals surface area contributed by atoms with Crippen LogP contribution in [0.5, 0.6) is 28.7 Å². The third-order valence-electron chi connectivity index (χ3n) is 4.67. The fraction of sp³-hybridized carbons (Fsp3) is 0.154. The van der Waals surface area contributed by atoms with E-state index in [4.69, 9.17) is 23.7 Å². The van der Waals surface area contributed by atoms with Crippen molar-refractivity contribution >= 4 is 0 Å². The maximum Gasteiger partial charge on any atom is 0.231 e. The predicted octanol–water partition coefficient (Wildman–Crippen LogP) is 4.24. The standard InChI is InChI=1S/C26H20O5/c1-27-22-11-6-18(7-12-22)4-9-20-15-25-26(31-17-30-25)16-21(20)10-5-19-8-13-23(28-2)24(14-19)29-3/h6-8,11-16H,17H2,1-3H3. The van der Waals surface area contributed by atoms with Gasteiger partial charge >= 0.3 is 0 Å². The van der Waals surface area contributed by atoms with Gasteiger partial charge in [0, 0.05) is 34.4 Å². The van der Waals surface area contributed by atoms with E-state index in [0.29, 0.717) is 23.0 Å². The van der Waals surface area contributed by atoms with Crippen molar-refractivity contribution in [2.24, 2.45) is 0 Å². The lowest BCUT2D eigenvalue weighted by molar-refractivity contribution is 0.174. The highest BCUT2D eigenvalue weighted by atomic mass is 16.7. The van der Waals surface area contributed by atoms with Crippen LogP contribution in [0.1, 0.15) is 22.3 Å². The van der Waals surface area contributed by atoms with Crippen LogP contribution in [0.25, 0.3) is 0 Å². The lowest BCUT2D eigenvalue weighted by Gasteiger charge is -2.06. The lowest BCUT2D eigenvalue weighted by Crippen LogP contribution is -1.92. The molecule has 0 atom stereocenters. The Hall–Kier alpha value is -4.22. The summed E-state index contributed by atoms with van der Waals surface area (Å²) < 4.78 is 26.9. The summed E-state index contributed by atoms with van der Waals surface area (Å²) in [5.41, 5.74) is 3.18. The van der Waals surface area contributed by atoms with Gasteiger partial charge in [0.2, 0.25) is 6.79 Å². The van der Waals surface area contributed by atoms with E-state index in [9.17, 15) is 0 Å². The molecule has 0 unspecified atom stereocenters. The Kier molecular flexibility index (Phi) is 5.87. The predicted molar refractivity (Wildman–Crippen MR) is 117 cm³/mol. The van der Waals surface area contributed by atoms with Crippen LogP contribution >= 0.6 is 0 Å². The second-order valence-corrected chi connectivity index (χ2v) is 6.55. The van der Waals surface area contributed by atoms with Gasteiger partial charge in [-0.1, -0.05) is 23.7 Å². The molecule has 0 radical (unpaired) electrons. The Morgan fingerprint density at radius 1 is 0.613 bits per heavy atom. The number of hydrogen-bond donors (Lipinski definition) is 0. The minimum Gasteiger partial charge on any atom is -0.497 e. The summed E-state index contributed by atoms with van der Waals surface area (Å²) in [6.07, 6.45) is 0. The normalized spacial score (nSPS) is 10.9. The fourth-order valence-electron chi connectivity index (χ4n) is 3.02. The number of hydrogen-bond acceptors (Lipinski definition) is 5. The molecule has 4 rings (SSSR count). The van der Waals surface area contributed by atoms with Crippen LogP contribution < -0.4 is 23.7 Å². The van der Waals surface area contributed by atoms with E-state index in [-0.39, 0.29) is 6.79 Å². The highest BCUT2D eigenvalue weighted by Crippen LogP contribution is 2.34. The maximum absolute atomic E-state index is 5.51. The van der Waals surface area contributed by atoms with Gasteiger partial charge in [-0.05, 0) is 42.5 Å². The maximum atomic E-state index is 5.51. The van der Waals surface area contributed by atoms with Crippen molar-refractivity contribution in [1.82, 2.24) is 0 Å². The smallest absolute Gasteiger partial charge is 0.231 e. The van der Waals surface area contributed by atoms with Gasteiger partial charge in [0.05, 0.1) is 21.3 Å². The zero-order valence-electron chi connectivity index (χ0n) is 17.4. The summed E-state index contributed by atoms with van der Waals surface area (Å²) in [7, 11) is 4.83. The summed E-state index contributed by atoms with van der Waals surface area (Å²) in [5, 5.41) is 0. The van der Waals surface area contributed by atoms with Gasteiger partial charge in [0.1, 0.15) is 5.75 Å². The first-order valence-electron chi connectivity index (χ1n) is 9.54. The van der Waals surface area contributed by atoms with Crippen LogP contribution in [-0.4, -0.2) is 28.1 Å². The van der Waals surface area contributed by atoms with Gasteiger partial charge in [-0.25, -0.2) is 0 Å². The quantitative estimate of drug-likeness (QED) is 0.602. The minimum absolute atomic E-state index is 0.188. The lowest BCUT2D eigenvalue weighted by atomic mass is 10.1. The van der Waals surface area contributed by atoms with Crippen molar-refractivity contribution < 1.29 is 23.7 Å². The van der Waals surface area contributed by atoms with E-state index in [1.807, 2.05) is 54.6 Å². The number of methoxy groups -OCH3 is 3. The van der Waals surface area contributed by atoms with Crippen LogP contribution in [0.15, 0.2) is 54.6 Å². The largest absolute Gasteiger partial charge is 0.497 e. The molecule has 5 heteroatoms. The Labute approximate surface area is 181 Å². The van der Waals surface area contributed by atoms with Crippen LogP contribution in [0.3, 0.4) is 0 Å². The van der Waals surface area contributed by atoms with Crippen molar-refractivity contribution in [3.8, 4) is 52.4 Å². The molecule has 3 aromatic rings. The summed E-state index contributed by atoms with van der Waals surface area (Å²) >= 11 is 0. The molecule has 0 aromatic heterocycles. The van der Waals surface area contributed by atoms with Gasteiger partial charge in [-0.15, -0.1) is 0 Å². The SMILES string of the molecule is COc1ccc(C#Cc2cc3c(cc2C#Cc2ccc(OC)c(OC)c2)OCO3)cc1. The number of benzene rings is 3. The van der Waals surface area contributed by atoms with Crippen molar-refractivity contribution in [1.29, 1.82) is 0 Å². The van der Waals surface area contributed by atoms with Crippen molar-refractivity contribution in [3.05, 3.63) is 76.9 Å². The van der Waals surface area contributed by atoms with Crippen LogP contribution in [0.2, 0.25) is 0 Å². The highest BCUT2D eigenvalue weighted by Gasteiger charge is 2.16. The molecular weight excluding hydrogens is 392 g/mol. The Morgan fingerprint density at radius 3 is 1.77 bits per heavy atom. The molecule has 1 heterocycles. The van der Waals surface area contributed by atoms with E-state index in [1.54, 1.807) is 21.3 Å². The van der Waals surface area contributed by atoms with Crippen LogP contribution in [0.4, 0.5) is 0 Å². The molecule has 154 valence electrons. The average molecular weight is 412 g/mol.